The highest BCUT2D eigenvalue weighted by molar-refractivity contribution is 5.66. The predicted molar refractivity (Wildman–Crippen MR) is 59.8 cm³/mol. The van der Waals surface area contributed by atoms with Crippen molar-refractivity contribution in [2.45, 2.75) is 0 Å². The highest BCUT2D eigenvalue weighted by atomic mass is 16.6. The summed E-state index contributed by atoms with van der Waals surface area (Å²) in [6.07, 6.45) is 0. The zero-order valence-electron chi connectivity index (χ0n) is 8.51. The molecule has 1 aromatic rings. The third-order valence-corrected chi connectivity index (χ3v) is 2.12. The van der Waals surface area contributed by atoms with Crippen molar-refractivity contribution < 1.29 is 4.92 Å². The van der Waals surface area contributed by atoms with Gasteiger partial charge in [-0.3, -0.25) is 10.1 Å². The van der Waals surface area contributed by atoms with Crippen LogP contribution >= 0.6 is 0 Å². The van der Waals surface area contributed by atoms with Crippen LogP contribution in [-0.2, 0) is 0 Å². The van der Waals surface area contributed by atoms with E-state index in [0.29, 0.717) is 13.1 Å². The number of nitrogens with zero attached hydrogens (tertiary/aromatic N) is 2. The number of hydrogen-bond acceptors (Lipinski definition) is 5. The van der Waals surface area contributed by atoms with Gasteiger partial charge in [0.15, 0.2) is 0 Å². The minimum atomic E-state index is -0.491. The molecule has 0 fully saturated rings. The second-order valence-electron chi connectivity index (χ2n) is 3.21. The summed E-state index contributed by atoms with van der Waals surface area (Å²) in [5, 5.41) is 10.6. The van der Waals surface area contributed by atoms with Crippen LogP contribution in [0.25, 0.3) is 0 Å². The fourth-order valence-electron chi connectivity index (χ4n) is 1.25. The summed E-state index contributed by atoms with van der Waals surface area (Å²) < 4.78 is 0. The molecule has 0 saturated carbocycles. The highest BCUT2D eigenvalue weighted by Gasteiger charge is 2.13. The molecule has 0 amide bonds. The molecule has 1 rings (SSSR count). The molecule has 0 atom stereocenters. The number of nitro groups is 1. The second-order valence-corrected chi connectivity index (χ2v) is 3.21. The van der Waals surface area contributed by atoms with Gasteiger partial charge in [-0.05, 0) is 12.1 Å². The molecule has 0 saturated heterocycles. The third-order valence-electron chi connectivity index (χ3n) is 2.12. The Bertz CT molecular complexity index is 367. The molecule has 0 aliphatic carbocycles. The van der Waals surface area contributed by atoms with Gasteiger partial charge in [-0.15, -0.1) is 0 Å². The lowest BCUT2D eigenvalue weighted by atomic mass is 10.2. The summed E-state index contributed by atoms with van der Waals surface area (Å²) in [6, 6.07) is 4.71. The average Bonchev–Trinajstić information content (AvgIpc) is 2.18. The Morgan fingerprint density at radius 1 is 1.53 bits per heavy atom. The summed E-state index contributed by atoms with van der Waals surface area (Å²) in [7, 11) is 1.82. The lowest BCUT2D eigenvalue weighted by Gasteiger charge is -2.17. The van der Waals surface area contributed by atoms with Crippen molar-refractivity contribution >= 4 is 17.1 Å². The SMILES string of the molecule is CN(CCN)c1ccc(N)c([N+](=O)[O-])c1. The van der Waals surface area contributed by atoms with Gasteiger partial charge in [0, 0.05) is 31.9 Å². The van der Waals surface area contributed by atoms with E-state index in [0.717, 1.165) is 5.69 Å². The standard InChI is InChI=1S/C9H14N4O2/c1-12(5-4-10)7-2-3-8(11)9(6-7)13(14)15/h2-3,6H,4-5,10-11H2,1H3. The van der Waals surface area contributed by atoms with E-state index in [1.807, 2.05) is 11.9 Å². The van der Waals surface area contributed by atoms with Gasteiger partial charge in [-0.1, -0.05) is 0 Å². The normalized spacial score (nSPS) is 10.0. The van der Waals surface area contributed by atoms with Gasteiger partial charge in [0.05, 0.1) is 4.92 Å². The van der Waals surface area contributed by atoms with Crippen LogP contribution in [0.1, 0.15) is 0 Å². The van der Waals surface area contributed by atoms with Crippen molar-refractivity contribution in [2.75, 3.05) is 30.8 Å². The Morgan fingerprint density at radius 3 is 2.73 bits per heavy atom. The van der Waals surface area contributed by atoms with Gasteiger partial charge >= 0.3 is 0 Å². The number of nitrogen functional groups attached to an aromatic ring is 1. The molecular weight excluding hydrogens is 196 g/mol. The van der Waals surface area contributed by atoms with Crippen LogP contribution in [0.5, 0.6) is 0 Å². The lowest BCUT2D eigenvalue weighted by Crippen LogP contribution is -2.24. The molecule has 82 valence electrons. The van der Waals surface area contributed by atoms with E-state index < -0.39 is 4.92 Å². The molecule has 15 heavy (non-hydrogen) atoms. The minimum Gasteiger partial charge on any atom is -0.393 e. The zero-order chi connectivity index (χ0) is 11.4. The van der Waals surface area contributed by atoms with Crippen molar-refractivity contribution in [3.63, 3.8) is 0 Å². The summed E-state index contributed by atoms with van der Waals surface area (Å²) in [4.78, 5) is 12.0. The molecule has 0 aliphatic heterocycles. The first kappa shape index (κ1) is 11.3. The van der Waals surface area contributed by atoms with Crippen LogP contribution in [0.15, 0.2) is 18.2 Å². The zero-order valence-corrected chi connectivity index (χ0v) is 8.51. The second kappa shape index (κ2) is 4.61. The molecule has 0 unspecified atom stereocenters. The smallest absolute Gasteiger partial charge is 0.294 e. The van der Waals surface area contributed by atoms with Crippen molar-refractivity contribution in [3.8, 4) is 0 Å². The number of hydrogen-bond donors (Lipinski definition) is 2. The van der Waals surface area contributed by atoms with E-state index in [1.54, 1.807) is 6.07 Å². The molecule has 1 aromatic carbocycles. The van der Waals surface area contributed by atoms with Crippen LogP contribution in [0.3, 0.4) is 0 Å². The number of benzene rings is 1. The first-order valence-electron chi connectivity index (χ1n) is 4.51. The summed E-state index contributed by atoms with van der Waals surface area (Å²) in [5.74, 6) is 0. The summed E-state index contributed by atoms with van der Waals surface area (Å²) >= 11 is 0. The molecule has 0 radical (unpaired) electrons. The van der Waals surface area contributed by atoms with Gasteiger partial charge in [0.25, 0.3) is 5.69 Å². The first-order chi connectivity index (χ1) is 7.06. The molecule has 0 spiro atoms. The van der Waals surface area contributed by atoms with E-state index in [2.05, 4.69) is 0 Å². The van der Waals surface area contributed by atoms with Crippen LogP contribution < -0.4 is 16.4 Å². The Kier molecular flexibility index (Phi) is 3.46. The molecule has 0 heterocycles. The molecule has 0 bridgehead atoms. The topological polar surface area (TPSA) is 98.4 Å². The van der Waals surface area contributed by atoms with Crippen molar-refractivity contribution in [1.82, 2.24) is 0 Å². The van der Waals surface area contributed by atoms with Crippen molar-refractivity contribution in [1.29, 1.82) is 0 Å². The monoisotopic (exact) mass is 210 g/mol. The molecule has 4 N–H and O–H groups in total. The number of nitrogens with two attached hydrogens (primary N) is 2. The Labute approximate surface area is 87.6 Å². The van der Waals surface area contributed by atoms with Gasteiger partial charge in [0.2, 0.25) is 0 Å². The van der Waals surface area contributed by atoms with Gasteiger partial charge in [-0.2, -0.15) is 0 Å². The molecular formula is C9H14N4O2. The third kappa shape index (κ3) is 2.57. The fraction of sp³-hybridized carbons (Fsp3) is 0.333. The molecule has 6 heteroatoms. The van der Waals surface area contributed by atoms with Gasteiger partial charge in [-0.25, -0.2) is 0 Å². The van der Waals surface area contributed by atoms with Crippen molar-refractivity contribution in [3.05, 3.63) is 28.3 Å². The number of likely N-dealkylation sites (N-methyl/N-ethyl adjacent to an activating group) is 1. The van der Waals surface area contributed by atoms with E-state index in [4.69, 9.17) is 11.5 Å². The average molecular weight is 210 g/mol. The van der Waals surface area contributed by atoms with Crippen LogP contribution in [0, 0.1) is 10.1 Å². The number of rotatable bonds is 4. The fourth-order valence-corrected chi connectivity index (χ4v) is 1.25. The van der Waals surface area contributed by atoms with E-state index in [1.165, 1.54) is 12.1 Å². The van der Waals surface area contributed by atoms with E-state index in [9.17, 15) is 10.1 Å². The Hall–Kier alpha value is -1.82. The highest BCUT2D eigenvalue weighted by Crippen LogP contribution is 2.26. The maximum absolute atomic E-state index is 10.6. The lowest BCUT2D eigenvalue weighted by molar-refractivity contribution is -0.383. The predicted octanol–water partition coefficient (Wildman–Crippen LogP) is 0.572. The first-order valence-corrected chi connectivity index (χ1v) is 4.51. The Morgan fingerprint density at radius 2 is 2.20 bits per heavy atom. The minimum absolute atomic E-state index is 0.0728. The van der Waals surface area contributed by atoms with Crippen LogP contribution in [-0.4, -0.2) is 25.1 Å². The summed E-state index contributed by atoms with van der Waals surface area (Å²) in [5.41, 5.74) is 11.7. The van der Waals surface area contributed by atoms with Crippen LogP contribution in [0.2, 0.25) is 0 Å². The molecule has 0 aliphatic rings. The Balaban J connectivity index is 3.02. The molecule has 6 nitrogen and oxygen atoms in total. The number of anilines is 2. The number of nitro benzene ring substituents is 1. The maximum Gasteiger partial charge on any atom is 0.294 e. The quantitative estimate of drug-likeness (QED) is 0.430. The van der Waals surface area contributed by atoms with E-state index in [-0.39, 0.29) is 11.4 Å². The van der Waals surface area contributed by atoms with Crippen molar-refractivity contribution in [2.24, 2.45) is 5.73 Å². The van der Waals surface area contributed by atoms with E-state index >= 15 is 0 Å². The maximum atomic E-state index is 10.6. The summed E-state index contributed by atoms with van der Waals surface area (Å²) in [6.45, 7) is 1.13. The van der Waals surface area contributed by atoms with Crippen LogP contribution in [0.4, 0.5) is 17.1 Å². The van der Waals surface area contributed by atoms with Gasteiger partial charge < -0.3 is 16.4 Å². The largest absolute Gasteiger partial charge is 0.393 e. The molecule has 0 aromatic heterocycles. The van der Waals surface area contributed by atoms with Gasteiger partial charge in [0.1, 0.15) is 5.69 Å².